The fourth-order valence-corrected chi connectivity index (χ4v) is 3.18. The van der Waals surface area contributed by atoms with Gasteiger partial charge in [0.25, 0.3) is 0 Å². The molecule has 7 heteroatoms. The van der Waals surface area contributed by atoms with Crippen molar-refractivity contribution < 1.29 is 23.4 Å². The number of carbonyl (C=O) groups excluding carboxylic acids is 1. The van der Waals surface area contributed by atoms with Crippen molar-refractivity contribution in [2.24, 2.45) is 0 Å². The van der Waals surface area contributed by atoms with Crippen LogP contribution in [0, 0.1) is 0 Å². The Labute approximate surface area is 141 Å². The minimum atomic E-state index is -3.12. The summed E-state index contributed by atoms with van der Waals surface area (Å²) in [5.74, 6) is 0.770. The van der Waals surface area contributed by atoms with Crippen LogP contribution in [0.2, 0.25) is 0 Å². The molecule has 0 aliphatic rings. The van der Waals surface area contributed by atoms with Gasteiger partial charge in [-0.1, -0.05) is 0 Å². The van der Waals surface area contributed by atoms with E-state index in [0.717, 1.165) is 0 Å². The summed E-state index contributed by atoms with van der Waals surface area (Å²) in [6.07, 6.45) is 0. The van der Waals surface area contributed by atoms with Crippen LogP contribution in [0.1, 0.15) is 17.3 Å². The highest BCUT2D eigenvalue weighted by atomic mass is 31.2. The molecule has 0 heterocycles. The average Bonchev–Trinajstić information content (AvgIpc) is 2.55. The van der Waals surface area contributed by atoms with Crippen LogP contribution < -0.4 is 14.3 Å². The van der Waals surface area contributed by atoms with Gasteiger partial charge in [0.05, 0.1) is 19.3 Å². The van der Waals surface area contributed by atoms with Gasteiger partial charge in [0, 0.05) is 12.4 Å². The van der Waals surface area contributed by atoms with Crippen molar-refractivity contribution in [1.29, 1.82) is 0 Å². The third kappa shape index (κ3) is 5.03. The lowest BCUT2D eigenvalue weighted by Crippen LogP contribution is -2.05. The van der Waals surface area contributed by atoms with Gasteiger partial charge in [0.15, 0.2) is 0 Å². The molecule has 0 aliphatic carbocycles. The number of benzene rings is 2. The van der Waals surface area contributed by atoms with Gasteiger partial charge in [-0.2, -0.15) is 0 Å². The smallest absolute Gasteiger partial charge is 0.338 e. The van der Waals surface area contributed by atoms with Crippen molar-refractivity contribution in [3.8, 4) is 11.5 Å². The highest BCUT2D eigenvalue weighted by molar-refractivity contribution is 7.60. The van der Waals surface area contributed by atoms with E-state index in [9.17, 15) is 9.36 Å². The Morgan fingerprint density at radius 3 is 2.17 bits per heavy atom. The molecule has 2 rings (SSSR count). The molecule has 0 unspecified atom stereocenters. The molecule has 0 bridgehead atoms. The summed E-state index contributed by atoms with van der Waals surface area (Å²) in [5, 5.41) is 2.84. The van der Waals surface area contributed by atoms with Crippen molar-refractivity contribution in [1.82, 2.24) is 0 Å². The van der Waals surface area contributed by atoms with Gasteiger partial charge in [-0.25, -0.2) is 4.79 Å². The highest BCUT2D eigenvalue weighted by Crippen LogP contribution is 2.43. The maximum atomic E-state index is 12.6. The first kappa shape index (κ1) is 17.9. The van der Waals surface area contributed by atoms with Crippen LogP contribution >= 0.6 is 7.52 Å². The Balaban J connectivity index is 2.02. The van der Waals surface area contributed by atoms with Crippen LogP contribution in [0.4, 0.5) is 5.69 Å². The lowest BCUT2D eigenvalue weighted by atomic mass is 10.2. The Hall–Kier alpha value is -2.46. The van der Waals surface area contributed by atoms with Crippen molar-refractivity contribution in [3.05, 3.63) is 54.1 Å². The molecular weight excluding hydrogens is 329 g/mol. The molecule has 1 N–H and O–H groups in total. The maximum Gasteiger partial charge on any atom is 0.338 e. The second-order valence-electron chi connectivity index (χ2n) is 5.02. The summed E-state index contributed by atoms with van der Waals surface area (Å²) in [5.41, 5.74) is 1.02. The average molecular weight is 349 g/mol. The minimum absolute atomic E-state index is 0.318. The molecule has 128 valence electrons. The molecule has 0 aromatic heterocycles. The second kappa shape index (κ2) is 7.88. The molecule has 6 nitrogen and oxygen atoms in total. The number of anilines is 1. The SMILES string of the molecule is CCOC(=O)c1ccc(N[P@@](C)(=O)Oc2ccc(OC)cc2)cc1. The standard InChI is InChI=1S/C17H20NO5P/c1-4-22-17(19)13-5-7-14(8-6-13)18-24(3,20)23-16-11-9-15(21-2)10-12-16/h5-12H,4H2,1-3H3,(H,18,20)/t24-/m0/s1. The van der Waals surface area contributed by atoms with E-state index in [0.29, 0.717) is 29.4 Å². The summed E-state index contributed by atoms with van der Waals surface area (Å²) < 4.78 is 28.1. The van der Waals surface area contributed by atoms with Crippen molar-refractivity contribution >= 4 is 19.2 Å². The van der Waals surface area contributed by atoms with E-state index in [1.54, 1.807) is 62.6 Å². The van der Waals surface area contributed by atoms with Crippen LogP contribution in [0.15, 0.2) is 48.5 Å². The van der Waals surface area contributed by atoms with Crippen LogP contribution in [-0.4, -0.2) is 26.4 Å². The summed E-state index contributed by atoms with van der Waals surface area (Å²) in [4.78, 5) is 11.6. The van der Waals surface area contributed by atoms with Gasteiger partial charge in [0.2, 0.25) is 0 Å². The molecule has 0 spiro atoms. The topological polar surface area (TPSA) is 73.9 Å². The Kier molecular flexibility index (Phi) is 5.88. The lowest BCUT2D eigenvalue weighted by Gasteiger charge is -2.17. The highest BCUT2D eigenvalue weighted by Gasteiger charge is 2.18. The second-order valence-corrected chi connectivity index (χ2v) is 7.12. The Morgan fingerprint density at radius 1 is 1.04 bits per heavy atom. The number of methoxy groups -OCH3 is 1. The molecule has 0 amide bonds. The summed E-state index contributed by atoms with van der Waals surface area (Å²) >= 11 is 0. The van der Waals surface area contributed by atoms with Gasteiger partial charge in [-0.15, -0.1) is 0 Å². The summed E-state index contributed by atoms with van der Waals surface area (Å²) in [7, 11) is -1.55. The number of hydrogen-bond donors (Lipinski definition) is 1. The van der Waals surface area contributed by atoms with Gasteiger partial charge in [-0.3, -0.25) is 4.57 Å². The first-order chi connectivity index (χ1) is 11.4. The molecule has 0 saturated carbocycles. The first-order valence-corrected chi connectivity index (χ1v) is 9.47. The molecule has 0 fully saturated rings. The normalized spacial score (nSPS) is 12.8. The predicted molar refractivity (Wildman–Crippen MR) is 93.2 cm³/mol. The zero-order valence-electron chi connectivity index (χ0n) is 13.8. The van der Waals surface area contributed by atoms with Gasteiger partial charge in [0.1, 0.15) is 11.5 Å². The molecule has 24 heavy (non-hydrogen) atoms. The van der Waals surface area contributed by atoms with Crippen molar-refractivity contribution in [2.75, 3.05) is 25.5 Å². The van der Waals surface area contributed by atoms with E-state index in [1.807, 2.05) is 0 Å². The first-order valence-electron chi connectivity index (χ1n) is 7.40. The quantitative estimate of drug-likeness (QED) is 0.597. The predicted octanol–water partition coefficient (Wildman–Crippen LogP) is 4.19. The van der Waals surface area contributed by atoms with Gasteiger partial charge < -0.3 is 19.1 Å². The maximum absolute atomic E-state index is 12.6. The van der Waals surface area contributed by atoms with Crippen LogP contribution in [0.25, 0.3) is 0 Å². The molecule has 2 aromatic rings. The fraction of sp³-hybridized carbons (Fsp3) is 0.235. The molecule has 0 aliphatic heterocycles. The summed E-state index contributed by atoms with van der Waals surface area (Å²) in [6.45, 7) is 3.55. The number of nitrogens with one attached hydrogen (secondary N) is 1. The van der Waals surface area contributed by atoms with E-state index in [4.69, 9.17) is 14.0 Å². The van der Waals surface area contributed by atoms with Gasteiger partial charge >= 0.3 is 13.5 Å². The largest absolute Gasteiger partial charge is 0.497 e. The fourth-order valence-electron chi connectivity index (χ4n) is 1.99. The zero-order valence-corrected chi connectivity index (χ0v) is 14.7. The van der Waals surface area contributed by atoms with E-state index >= 15 is 0 Å². The van der Waals surface area contributed by atoms with Gasteiger partial charge in [-0.05, 0) is 55.5 Å². The molecule has 0 radical (unpaired) electrons. The van der Waals surface area contributed by atoms with Crippen LogP contribution in [0.3, 0.4) is 0 Å². The molecule has 2 aromatic carbocycles. The number of carbonyl (C=O) groups is 1. The van der Waals surface area contributed by atoms with E-state index in [1.165, 1.54) is 6.66 Å². The number of esters is 1. The van der Waals surface area contributed by atoms with E-state index < -0.39 is 13.5 Å². The summed E-state index contributed by atoms with van der Waals surface area (Å²) in [6, 6.07) is 13.3. The number of ether oxygens (including phenoxy) is 2. The lowest BCUT2D eigenvalue weighted by molar-refractivity contribution is 0.0526. The zero-order chi connectivity index (χ0) is 17.6. The molecule has 1 atom stereocenters. The number of hydrogen-bond acceptors (Lipinski definition) is 5. The van der Waals surface area contributed by atoms with Crippen LogP contribution in [0.5, 0.6) is 11.5 Å². The minimum Gasteiger partial charge on any atom is -0.497 e. The van der Waals surface area contributed by atoms with Crippen molar-refractivity contribution in [2.45, 2.75) is 6.92 Å². The third-order valence-corrected chi connectivity index (χ3v) is 4.29. The monoisotopic (exact) mass is 349 g/mol. The van der Waals surface area contributed by atoms with E-state index in [-0.39, 0.29) is 0 Å². The molecule has 0 saturated heterocycles. The molecular formula is C17H20NO5P. The third-order valence-electron chi connectivity index (χ3n) is 3.07. The van der Waals surface area contributed by atoms with E-state index in [2.05, 4.69) is 5.09 Å². The number of rotatable bonds is 7. The Morgan fingerprint density at radius 2 is 1.62 bits per heavy atom. The Bertz CT molecular complexity index is 728. The van der Waals surface area contributed by atoms with Crippen molar-refractivity contribution in [3.63, 3.8) is 0 Å². The van der Waals surface area contributed by atoms with Crippen LogP contribution in [-0.2, 0) is 9.30 Å².